The minimum atomic E-state index is -0.253. The van der Waals surface area contributed by atoms with Crippen molar-refractivity contribution in [3.05, 3.63) is 35.6 Å². The number of nitrogens with zero attached hydrogens (tertiary/aromatic N) is 1. The Labute approximate surface area is 113 Å². The maximum Gasteiger partial charge on any atom is 0.224 e. The summed E-state index contributed by atoms with van der Waals surface area (Å²) < 4.78 is 13.3. The van der Waals surface area contributed by atoms with Gasteiger partial charge < -0.3 is 10.6 Å². The highest BCUT2D eigenvalue weighted by Gasteiger charge is 2.34. The number of carbonyl (C=O) groups excluding carboxylic acids is 1. The summed E-state index contributed by atoms with van der Waals surface area (Å²) in [7, 11) is 0. The van der Waals surface area contributed by atoms with Crippen molar-refractivity contribution < 1.29 is 9.18 Å². The molecule has 3 atom stereocenters. The summed E-state index contributed by atoms with van der Waals surface area (Å²) in [5.74, 6) is 0.246. The third-order valence-corrected chi connectivity index (χ3v) is 3.56. The highest BCUT2D eigenvalue weighted by atomic mass is 19.1. The van der Waals surface area contributed by atoms with Gasteiger partial charge in [-0.2, -0.15) is 0 Å². The number of hydrogen-bond acceptors (Lipinski definition) is 2. The van der Waals surface area contributed by atoms with E-state index in [1.54, 1.807) is 6.07 Å². The topological polar surface area (TPSA) is 46.3 Å². The largest absolute Gasteiger partial charge is 0.335 e. The zero-order chi connectivity index (χ0) is 14.0. The molecule has 1 aliphatic rings. The fourth-order valence-electron chi connectivity index (χ4n) is 2.74. The average Bonchev–Trinajstić information content (AvgIpc) is 2.70. The van der Waals surface area contributed by atoms with E-state index >= 15 is 0 Å². The van der Waals surface area contributed by atoms with Crippen LogP contribution in [0.5, 0.6) is 0 Å². The number of hydrogen-bond donors (Lipinski definition) is 1. The van der Waals surface area contributed by atoms with Crippen LogP contribution < -0.4 is 5.73 Å². The Morgan fingerprint density at radius 2 is 2.32 bits per heavy atom. The number of carbonyl (C=O) groups is 1. The monoisotopic (exact) mass is 264 g/mol. The molecule has 1 amide bonds. The van der Waals surface area contributed by atoms with Crippen LogP contribution in [0.25, 0.3) is 0 Å². The molecule has 1 heterocycles. The number of halogens is 1. The normalized spacial score (nSPS) is 24.5. The van der Waals surface area contributed by atoms with E-state index in [9.17, 15) is 9.18 Å². The molecular formula is C15H21FN2O. The molecular weight excluding hydrogens is 243 g/mol. The highest BCUT2D eigenvalue weighted by Crippen LogP contribution is 2.35. The third kappa shape index (κ3) is 3.32. The minimum Gasteiger partial charge on any atom is -0.335 e. The quantitative estimate of drug-likeness (QED) is 0.911. The lowest BCUT2D eigenvalue weighted by Crippen LogP contribution is -2.34. The standard InChI is InChI=1S/C15H21FN2O/c1-10-6-14(12-4-3-5-13(16)8-12)18(9-10)15(19)7-11(2)17/h3-5,8,10-11,14H,6-7,9,17H2,1-2H3. The first-order chi connectivity index (χ1) is 8.97. The second kappa shape index (κ2) is 5.70. The number of likely N-dealkylation sites (tertiary alicyclic amines) is 1. The summed E-state index contributed by atoms with van der Waals surface area (Å²) in [6.07, 6.45) is 1.23. The molecule has 0 aliphatic carbocycles. The Kier molecular flexibility index (Phi) is 4.20. The Balaban J connectivity index is 2.20. The van der Waals surface area contributed by atoms with Crippen LogP contribution in [-0.4, -0.2) is 23.4 Å². The van der Waals surface area contributed by atoms with Crippen LogP contribution in [0.1, 0.15) is 38.3 Å². The van der Waals surface area contributed by atoms with Gasteiger partial charge in [-0.05, 0) is 37.0 Å². The second-order valence-corrected chi connectivity index (χ2v) is 5.64. The molecule has 1 aliphatic heterocycles. The molecule has 19 heavy (non-hydrogen) atoms. The molecule has 0 radical (unpaired) electrons. The predicted molar refractivity (Wildman–Crippen MR) is 72.9 cm³/mol. The SMILES string of the molecule is CC(N)CC(=O)N1CC(C)CC1c1cccc(F)c1. The summed E-state index contributed by atoms with van der Waals surface area (Å²) in [5, 5.41) is 0. The van der Waals surface area contributed by atoms with E-state index in [1.165, 1.54) is 12.1 Å². The average molecular weight is 264 g/mol. The van der Waals surface area contributed by atoms with Crippen molar-refractivity contribution in [3.63, 3.8) is 0 Å². The summed E-state index contributed by atoms with van der Waals surface area (Å²) in [6, 6.07) is 6.37. The maximum absolute atomic E-state index is 13.3. The lowest BCUT2D eigenvalue weighted by atomic mass is 10.0. The molecule has 0 spiro atoms. The molecule has 1 aromatic carbocycles. The first-order valence-corrected chi connectivity index (χ1v) is 6.78. The van der Waals surface area contributed by atoms with E-state index in [4.69, 9.17) is 5.73 Å². The Hall–Kier alpha value is -1.42. The van der Waals surface area contributed by atoms with Crippen molar-refractivity contribution in [1.29, 1.82) is 0 Å². The molecule has 1 saturated heterocycles. The van der Waals surface area contributed by atoms with E-state index in [-0.39, 0.29) is 23.8 Å². The summed E-state index contributed by atoms with van der Waals surface area (Å²) in [6.45, 7) is 4.67. The van der Waals surface area contributed by atoms with Gasteiger partial charge in [0.2, 0.25) is 5.91 Å². The van der Waals surface area contributed by atoms with Gasteiger partial charge >= 0.3 is 0 Å². The van der Waals surface area contributed by atoms with Crippen molar-refractivity contribution >= 4 is 5.91 Å². The Morgan fingerprint density at radius 1 is 1.58 bits per heavy atom. The molecule has 3 unspecified atom stereocenters. The van der Waals surface area contributed by atoms with E-state index < -0.39 is 0 Å². The van der Waals surface area contributed by atoms with Gasteiger partial charge in [-0.25, -0.2) is 4.39 Å². The zero-order valence-corrected chi connectivity index (χ0v) is 11.5. The van der Waals surface area contributed by atoms with Crippen LogP contribution in [0.2, 0.25) is 0 Å². The molecule has 1 fully saturated rings. The summed E-state index contributed by atoms with van der Waals surface area (Å²) in [5.41, 5.74) is 6.57. The second-order valence-electron chi connectivity index (χ2n) is 5.64. The van der Waals surface area contributed by atoms with E-state index in [1.807, 2.05) is 17.9 Å². The van der Waals surface area contributed by atoms with Gasteiger partial charge in [0, 0.05) is 19.0 Å². The molecule has 0 bridgehead atoms. The zero-order valence-electron chi connectivity index (χ0n) is 11.5. The van der Waals surface area contributed by atoms with Crippen molar-refractivity contribution in [2.24, 2.45) is 11.7 Å². The molecule has 4 heteroatoms. The Morgan fingerprint density at radius 3 is 2.95 bits per heavy atom. The third-order valence-electron chi connectivity index (χ3n) is 3.56. The first kappa shape index (κ1) is 14.0. The molecule has 2 N–H and O–H groups in total. The van der Waals surface area contributed by atoms with Crippen molar-refractivity contribution in [2.75, 3.05) is 6.54 Å². The van der Waals surface area contributed by atoms with Crippen LogP contribution >= 0.6 is 0 Å². The number of benzene rings is 1. The lowest BCUT2D eigenvalue weighted by molar-refractivity contribution is -0.132. The molecule has 2 rings (SSSR count). The fraction of sp³-hybridized carbons (Fsp3) is 0.533. The van der Waals surface area contributed by atoms with Crippen LogP contribution in [0.3, 0.4) is 0 Å². The smallest absolute Gasteiger partial charge is 0.224 e. The van der Waals surface area contributed by atoms with Gasteiger partial charge in [-0.1, -0.05) is 19.1 Å². The minimum absolute atomic E-state index is 0.0167. The van der Waals surface area contributed by atoms with E-state index in [2.05, 4.69) is 6.92 Å². The van der Waals surface area contributed by atoms with Crippen molar-refractivity contribution in [1.82, 2.24) is 4.90 Å². The highest BCUT2D eigenvalue weighted by molar-refractivity contribution is 5.77. The number of rotatable bonds is 3. The van der Waals surface area contributed by atoms with Crippen molar-refractivity contribution in [3.8, 4) is 0 Å². The fourth-order valence-corrected chi connectivity index (χ4v) is 2.74. The molecule has 0 aromatic heterocycles. The van der Waals surface area contributed by atoms with Crippen LogP contribution in [-0.2, 0) is 4.79 Å². The van der Waals surface area contributed by atoms with Gasteiger partial charge in [0.1, 0.15) is 5.82 Å². The van der Waals surface area contributed by atoms with Gasteiger partial charge in [0.15, 0.2) is 0 Å². The van der Waals surface area contributed by atoms with Gasteiger partial charge in [0.25, 0.3) is 0 Å². The maximum atomic E-state index is 13.3. The summed E-state index contributed by atoms with van der Waals surface area (Å²) >= 11 is 0. The number of nitrogens with two attached hydrogens (primary N) is 1. The van der Waals surface area contributed by atoms with Crippen LogP contribution in [0.15, 0.2) is 24.3 Å². The lowest BCUT2D eigenvalue weighted by Gasteiger charge is -2.26. The molecule has 3 nitrogen and oxygen atoms in total. The van der Waals surface area contributed by atoms with Crippen LogP contribution in [0, 0.1) is 11.7 Å². The van der Waals surface area contributed by atoms with Gasteiger partial charge in [-0.15, -0.1) is 0 Å². The van der Waals surface area contributed by atoms with E-state index in [0.717, 1.165) is 18.5 Å². The number of amides is 1. The molecule has 1 aromatic rings. The van der Waals surface area contributed by atoms with Gasteiger partial charge in [-0.3, -0.25) is 4.79 Å². The van der Waals surface area contributed by atoms with Gasteiger partial charge in [0.05, 0.1) is 6.04 Å². The van der Waals surface area contributed by atoms with Crippen LogP contribution in [0.4, 0.5) is 4.39 Å². The summed E-state index contributed by atoms with van der Waals surface area (Å²) in [4.78, 5) is 14.1. The molecule has 0 saturated carbocycles. The Bertz CT molecular complexity index is 461. The molecule has 104 valence electrons. The predicted octanol–water partition coefficient (Wildman–Crippen LogP) is 2.47. The van der Waals surface area contributed by atoms with E-state index in [0.29, 0.717) is 12.3 Å². The first-order valence-electron chi connectivity index (χ1n) is 6.78. The van der Waals surface area contributed by atoms with Crippen molar-refractivity contribution in [2.45, 2.75) is 38.8 Å².